The van der Waals surface area contributed by atoms with E-state index in [9.17, 15) is 0 Å². The maximum Gasteiger partial charge on any atom is 0.148 e. The summed E-state index contributed by atoms with van der Waals surface area (Å²) in [5, 5.41) is 3.38. The molecule has 0 aliphatic carbocycles. The van der Waals surface area contributed by atoms with Crippen LogP contribution in [0.25, 0.3) is 0 Å². The lowest BCUT2D eigenvalue weighted by Gasteiger charge is -2.20. The first kappa shape index (κ1) is 16.8. The minimum atomic E-state index is 0.164. The smallest absolute Gasteiger partial charge is 0.148 e. The van der Waals surface area contributed by atoms with Crippen LogP contribution in [0.3, 0.4) is 0 Å². The SMILES string of the molecule is c1cncc(C(Cc2ccccc2Nc2cnccn2)c2cccnc2)c1. The summed E-state index contributed by atoms with van der Waals surface area (Å²) < 4.78 is 0. The van der Waals surface area contributed by atoms with Gasteiger partial charge >= 0.3 is 0 Å². The molecule has 0 bridgehead atoms. The first-order valence-corrected chi connectivity index (χ1v) is 8.81. The highest BCUT2D eigenvalue weighted by atomic mass is 15.0. The van der Waals surface area contributed by atoms with Crippen LogP contribution in [0.15, 0.2) is 91.9 Å². The van der Waals surface area contributed by atoms with Gasteiger partial charge in [-0.3, -0.25) is 15.0 Å². The van der Waals surface area contributed by atoms with Crippen LogP contribution in [0.2, 0.25) is 0 Å². The van der Waals surface area contributed by atoms with Crippen LogP contribution < -0.4 is 5.32 Å². The lowest BCUT2D eigenvalue weighted by Crippen LogP contribution is -2.08. The Labute approximate surface area is 158 Å². The fourth-order valence-corrected chi connectivity index (χ4v) is 3.13. The summed E-state index contributed by atoms with van der Waals surface area (Å²) in [5.74, 6) is 0.890. The van der Waals surface area contributed by atoms with Crippen molar-refractivity contribution in [2.45, 2.75) is 12.3 Å². The number of rotatable bonds is 6. The van der Waals surface area contributed by atoms with Crippen LogP contribution >= 0.6 is 0 Å². The lowest BCUT2D eigenvalue weighted by atomic mass is 9.87. The normalized spacial score (nSPS) is 10.7. The van der Waals surface area contributed by atoms with Gasteiger partial charge in [0.1, 0.15) is 5.82 Å². The highest BCUT2D eigenvalue weighted by Gasteiger charge is 2.17. The van der Waals surface area contributed by atoms with E-state index in [1.807, 2.05) is 30.6 Å². The van der Waals surface area contributed by atoms with Gasteiger partial charge in [-0.05, 0) is 41.3 Å². The zero-order valence-corrected chi connectivity index (χ0v) is 14.7. The minimum absolute atomic E-state index is 0.164. The maximum absolute atomic E-state index is 4.32. The van der Waals surface area contributed by atoms with Crippen molar-refractivity contribution < 1.29 is 0 Å². The zero-order valence-electron chi connectivity index (χ0n) is 14.7. The van der Waals surface area contributed by atoms with Gasteiger partial charge in [0.25, 0.3) is 0 Å². The van der Waals surface area contributed by atoms with E-state index in [0.717, 1.165) is 17.9 Å². The summed E-state index contributed by atoms with van der Waals surface area (Å²) in [5.41, 5.74) is 4.55. The largest absolute Gasteiger partial charge is 0.339 e. The Kier molecular flexibility index (Phi) is 5.11. The van der Waals surface area contributed by atoms with Crippen molar-refractivity contribution >= 4 is 11.5 Å². The van der Waals surface area contributed by atoms with Gasteiger partial charge in [0.2, 0.25) is 0 Å². The molecular weight excluding hydrogens is 334 g/mol. The topological polar surface area (TPSA) is 63.6 Å². The second-order valence-electron chi connectivity index (χ2n) is 6.20. The molecule has 0 saturated heterocycles. The fraction of sp³-hybridized carbons (Fsp3) is 0.0909. The Balaban J connectivity index is 1.68. The summed E-state index contributed by atoms with van der Waals surface area (Å²) in [7, 11) is 0. The van der Waals surface area contributed by atoms with Crippen molar-refractivity contribution in [3.63, 3.8) is 0 Å². The maximum atomic E-state index is 4.32. The average molecular weight is 353 g/mol. The molecule has 0 fully saturated rings. The van der Waals surface area contributed by atoms with Crippen molar-refractivity contribution in [2.75, 3.05) is 5.32 Å². The average Bonchev–Trinajstić information content (AvgIpc) is 2.75. The van der Waals surface area contributed by atoms with E-state index in [1.54, 1.807) is 31.0 Å². The van der Waals surface area contributed by atoms with Crippen molar-refractivity contribution in [3.8, 4) is 0 Å². The summed E-state index contributed by atoms with van der Waals surface area (Å²) >= 11 is 0. The summed E-state index contributed by atoms with van der Waals surface area (Å²) in [6, 6.07) is 16.5. The molecule has 5 nitrogen and oxygen atoms in total. The molecule has 3 aromatic heterocycles. The molecule has 27 heavy (non-hydrogen) atoms. The quantitative estimate of drug-likeness (QED) is 0.557. The number of nitrogens with zero attached hydrogens (tertiary/aromatic N) is 4. The lowest BCUT2D eigenvalue weighted by molar-refractivity contribution is 0.795. The third kappa shape index (κ3) is 4.15. The van der Waals surface area contributed by atoms with E-state index in [-0.39, 0.29) is 5.92 Å². The van der Waals surface area contributed by atoms with Gasteiger partial charge in [-0.1, -0.05) is 30.3 Å². The molecule has 4 rings (SSSR count). The summed E-state index contributed by atoms with van der Waals surface area (Å²) in [6.07, 6.45) is 13.3. The van der Waals surface area contributed by atoms with Gasteiger partial charge in [0.15, 0.2) is 0 Å². The van der Waals surface area contributed by atoms with E-state index in [0.29, 0.717) is 0 Å². The van der Waals surface area contributed by atoms with Crippen LogP contribution in [-0.4, -0.2) is 19.9 Å². The number of pyridine rings is 2. The molecule has 0 spiro atoms. The standard InChI is InChI=1S/C22H19N5/c1-2-8-21(27-22-16-25-11-12-26-22)17(5-1)13-20(18-6-3-9-23-14-18)19-7-4-10-24-15-19/h1-12,14-16,20H,13H2,(H,26,27). The van der Waals surface area contributed by atoms with Gasteiger partial charge < -0.3 is 5.32 Å². The van der Waals surface area contributed by atoms with Crippen molar-refractivity contribution in [1.82, 2.24) is 19.9 Å². The molecule has 3 heterocycles. The van der Waals surface area contributed by atoms with Gasteiger partial charge in [-0.2, -0.15) is 0 Å². The van der Waals surface area contributed by atoms with Crippen molar-refractivity contribution in [1.29, 1.82) is 0 Å². The molecule has 1 aromatic carbocycles. The second kappa shape index (κ2) is 8.19. The van der Waals surface area contributed by atoms with Gasteiger partial charge in [0, 0.05) is 48.8 Å². The molecule has 1 N–H and O–H groups in total. The fourth-order valence-electron chi connectivity index (χ4n) is 3.13. The summed E-state index contributed by atoms with van der Waals surface area (Å²) in [4.78, 5) is 17.1. The first-order chi connectivity index (χ1) is 13.4. The molecule has 0 unspecified atom stereocenters. The van der Waals surface area contributed by atoms with Gasteiger partial charge in [-0.15, -0.1) is 0 Å². The highest BCUT2D eigenvalue weighted by molar-refractivity contribution is 5.60. The van der Waals surface area contributed by atoms with E-state index in [4.69, 9.17) is 0 Å². The van der Waals surface area contributed by atoms with E-state index in [1.165, 1.54) is 16.7 Å². The van der Waals surface area contributed by atoms with Crippen LogP contribution in [0.5, 0.6) is 0 Å². The van der Waals surface area contributed by atoms with E-state index >= 15 is 0 Å². The molecule has 4 aromatic rings. The Hall–Kier alpha value is -3.60. The minimum Gasteiger partial charge on any atom is -0.339 e. The van der Waals surface area contributed by atoms with E-state index in [2.05, 4.69) is 55.6 Å². The predicted octanol–water partition coefficient (Wildman–Crippen LogP) is 4.38. The zero-order chi connectivity index (χ0) is 18.3. The van der Waals surface area contributed by atoms with Crippen LogP contribution in [0, 0.1) is 0 Å². The third-order valence-corrected chi connectivity index (χ3v) is 4.44. The Morgan fingerprint density at radius 2 is 1.41 bits per heavy atom. The Morgan fingerprint density at radius 1 is 0.704 bits per heavy atom. The first-order valence-electron chi connectivity index (χ1n) is 8.81. The summed E-state index contributed by atoms with van der Waals surface area (Å²) in [6.45, 7) is 0. The molecule has 0 amide bonds. The molecule has 0 atom stereocenters. The number of anilines is 2. The number of aromatic nitrogens is 4. The molecule has 5 heteroatoms. The monoisotopic (exact) mass is 353 g/mol. The second-order valence-corrected chi connectivity index (χ2v) is 6.20. The Morgan fingerprint density at radius 3 is 2.04 bits per heavy atom. The number of hydrogen-bond donors (Lipinski definition) is 1. The molecule has 0 aliphatic rings. The van der Waals surface area contributed by atoms with Gasteiger partial charge in [0.05, 0.1) is 6.20 Å². The molecule has 0 aliphatic heterocycles. The van der Waals surface area contributed by atoms with Crippen molar-refractivity contribution in [2.24, 2.45) is 0 Å². The number of benzene rings is 1. The molecule has 0 saturated carbocycles. The van der Waals surface area contributed by atoms with Crippen LogP contribution in [-0.2, 0) is 6.42 Å². The highest BCUT2D eigenvalue weighted by Crippen LogP contribution is 2.31. The van der Waals surface area contributed by atoms with Gasteiger partial charge in [-0.25, -0.2) is 4.98 Å². The molecule has 0 radical (unpaired) electrons. The molecular formula is C22H19N5. The van der Waals surface area contributed by atoms with Crippen LogP contribution in [0.4, 0.5) is 11.5 Å². The third-order valence-electron chi connectivity index (χ3n) is 4.44. The molecule has 132 valence electrons. The van der Waals surface area contributed by atoms with Crippen LogP contribution in [0.1, 0.15) is 22.6 Å². The van der Waals surface area contributed by atoms with Crippen molar-refractivity contribution in [3.05, 3.63) is 109 Å². The van der Waals surface area contributed by atoms with E-state index < -0.39 is 0 Å². The number of nitrogens with one attached hydrogen (secondary N) is 1. The number of hydrogen-bond acceptors (Lipinski definition) is 5. The Bertz CT molecular complexity index is 935. The predicted molar refractivity (Wildman–Crippen MR) is 106 cm³/mol. The number of para-hydroxylation sites is 1.